The number of halogens is 1. The van der Waals surface area contributed by atoms with Gasteiger partial charge in [0, 0.05) is 9.89 Å². The largest absolute Gasteiger partial charge is 0.341 e. The van der Waals surface area contributed by atoms with Crippen molar-refractivity contribution < 1.29 is 0 Å². The number of aromatic amines is 1. The van der Waals surface area contributed by atoms with Crippen LogP contribution in [0.5, 0.6) is 0 Å². The number of fused-ring (bicyclic) bond motifs is 1. The van der Waals surface area contributed by atoms with E-state index in [0.29, 0.717) is 5.41 Å². The SMILES string of the molecule is CC1(c2nc3c(Br)cccc3[nH]2)CC1. The minimum atomic E-state index is 0.318. The zero-order chi connectivity index (χ0) is 9.76. The van der Waals surface area contributed by atoms with Crippen molar-refractivity contribution in [2.45, 2.75) is 25.2 Å². The maximum absolute atomic E-state index is 4.64. The van der Waals surface area contributed by atoms with Gasteiger partial charge in [0.1, 0.15) is 11.3 Å². The number of hydrogen-bond acceptors (Lipinski definition) is 1. The average molecular weight is 251 g/mol. The van der Waals surface area contributed by atoms with Crippen LogP contribution in [0.4, 0.5) is 0 Å². The smallest absolute Gasteiger partial charge is 0.113 e. The first-order valence-corrected chi connectivity index (χ1v) is 5.63. The number of rotatable bonds is 1. The molecular weight excluding hydrogens is 240 g/mol. The number of nitrogens with zero attached hydrogens (tertiary/aromatic N) is 1. The average Bonchev–Trinajstić information content (AvgIpc) is 2.77. The number of benzene rings is 1. The zero-order valence-electron chi connectivity index (χ0n) is 7.97. The highest BCUT2D eigenvalue weighted by Crippen LogP contribution is 2.46. The topological polar surface area (TPSA) is 28.7 Å². The number of nitrogens with one attached hydrogen (secondary N) is 1. The van der Waals surface area contributed by atoms with Crippen LogP contribution < -0.4 is 0 Å². The van der Waals surface area contributed by atoms with Crippen molar-refractivity contribution in [3.8, 4) is 0 Å². The molecule has 0 atom stereocenters. The van der Waals surface area contributed by atoms with Gasteiger partial charge in [-0.05, 0) is 40.9 Å². The lowest BCUT2D eigenvalue weighted by Crippen LogP contribution is -2.01. The Morgan fingerprint density at radius 2 is 2.21 bits per heavy atom. The third-order valence-corrected chi connectivity index (χ3v) is 3.68. The van der Waals surface area contributed by atoms with E-state index in [0.717, 1.165) is 21.3 Å². The minimum absolute atomic E-state index is 0.318. The fourth-order valence-electron chi connectivity index (χ4n) is 1.71. The van der Waals surface area contributed by atoms with E-state index in [9.17, 15) is 0 Å². The number of imidazole rings is 1. The van der Waals surface area contributed by atoms with E-state index >= 15 is 0 Å². The Bertz CT molecular complexity index is 497. The third-order valence-electron chi connectivity index (χ3n) is 3.04. The third kappa shape index (κ3) is 1.12. The van der Waals surface area contributed by atoms with Gasteiger partial charge in [-0.1, -0.05) is 13.0 Å². The van der Waals surface area contributed by atoms with Crippen molar-refractivity contribution in [1.29, 1.82) is 0 Å². The van der Waals surface area contributed by atoms with E-state index in [4.69, 9.17) is 0 Å². The molecule has 2 aromatic rings. The van der Waals surface area contributed by atoms with Crippen LogP contribution in [0, 0.1) is 0 Å². The fourth-order valence-corrected chi connectivity index (χ4v) is 2.16. The van der Waals surface area contributed by atoms with Crippen molar-refractivity contribution >= 4 is 27.0 Å². The van der Waals surface area contributed by atoms with E-state index in [1.165, 1.54) is 12.8 Å². The summed E-state index contributed by atoms with van der Waals surface area (Å²) in [6.45, 7) is 2.26. The Morgan fingerprint density at radius 3 is 2.86 bits per heavy atom. The molecule has 0 spiro atoms. The van der Waals surface area contributed by atoms with Crippen molar-refractivity contribution in [2.75, 3.05) is 0 Å². The van der Waals surface area contributed by atoms with Crippen LogP contribution in [0.25, 0.3) is 11.0 Å². The Labute approximate surface area is 90.9 Å². The summed E-state index contributed by atoms with van der Waals surface area (Å²) < 4.78 is 1.07. The molecule has 1 aromatic heterocycles. The molecule has 3 heteroatoms. The van der Waals surface area contributed by atoms with E-state index in [-0.39, 0.29) is 0 Å². The minimum Gasteiger partial charge on any atom is -0.341 e. The molecule has 72 valence electrons. The van der Waals surface area contributed by atoms with Gasteiger partial charge in [0.25, 0.3) is 0 Å². The Kier molecular flexibility index (Phi) is 1.57. The summed E-state index contributed by atoms with van der Waals surface area (Å²) in [6.07, 6.45) is 2.51. The normalized spacial score (nSPS) is 18.7. The highest BCUT2D eigenvalue weighted by molar-refractivity contribution is 9.10. The highest BCUT2D eigenvalue weighted by atomic mass is 79.9. The maximum Gasteiger partial charge on any atom is 0.113 e. The molecule has 1 N–H and O–H groups in total. The molecule has 1 aliphatic carbocycles. The summed E-state index contributed by atoms with van der Waals surface area (Å²) >= 11 is 3.51. The molecule has 0 saturated heterocycles. The van der Waals surface area contributed by atoms with Gasteiger partial charge >= 0.3 is 0 Å². The predicted octanol–water partition coefficient (Wildman–Crippen LogP) is 3.38. The van der Waals surface area contributed by atoms with E-state index in [2.05, 4.69) is 38.9 Å². The lowest BCUT2D eigenvalue weighted by molar-refractivity contribution is 0.728. The van der Waals surface area contributed by atoms with Crippen LogP contribution in [0.3, 0.4) is 0 Å². The van der Waals surface area contributed by atoms with Crippen molar-refractivity contribution in [3.63, 3.8) is 0 Å². The van der Waals surface area contributed by atoms with Crippen LogP contribution >= 0.6 is 15.9 Å². The molecule has 0 unspecified atom stereocenters. The molecule has 1 heterocycles. The van der Waals surface area contributed by atoms with E-state index in [1.807, 2.05) is 12.1 Å². The summed E-state index contributed by atoms with van der Waals surface area (Å²) in [5.41, 5.74) is 2.50. The Morgan fingerprint density at radius 1 is 1.43 bits per heavy atom. The molecule has 1 aromatic carbocycles. The molecule has 1 saturated carbocycles. The first-order valence-electron chi connectivity index (χ1n) is 4.84. The molecule has 2 nitrogen and oxygen atoms in total. The summed E-state index contributed by atoms with van der Waals surface area (Å²) in [5.74, 6) is 1.14. The molecule has 0 aliphatic heterocycles. The van der Waals surface area contributed by atoms with Gasteiger partial charge in [0.2, 0.25) is 0 Å². The fraction of sp³-hybridized carbons (Fsp3) is 0.364. The number of aromatic nitrogens is 2. The second kappa shape index (κ2) is 2.60. The second-order valence-corrected chi connectivity index (χ2v) is 5.14. The molecule has 0 radical (unpaired) electrons. The number of para-hydroxylation sites is 1. The summed E-state index contributed by atoms with van der Waals surface area (Å²) in [6, 6.07) is 6.13. The molecule has 0 bridgehead atoms. The van der Waals surface area contributed by atoms with Gasteiger partial charge in [-0.2, -0.15) is 0 Å². The molecule has 14 heavy (non-hydrogen) atoms. The van der Waals surface area contributed by atoms with Gasteiger partial charge in [-0.15, -0.1) is 0 Å². The van der Waals surface area contributed by atoms with Crippen LogP contribution in [0.1, 0.15) is 25.6 Å². The van der Waals surface area contributed by atoms with Gasteiger partial charge < -0.3 is 4.98 Å². The molecule has 0 amide bonds. The second-order valence-electron chi connectivity index (χ2n) is 4.28. The Hall–Kier alpha value is -0.830. The first kappa shape index (κ1) is 8.48. The van der Waals surface area contributed by atoms with Gasteiger partial charge in [0.15, 0.2) is 0 Å². The summed E-state index contributed by atoms with van der Waals surface area (Å²) in [5, 5.41) is 0. The van der Waals surface area contributed by atoms with E-state index < -0.39 is 0 Å². The highest BCUT2D eigenvalue weighted by Gasteiger charge is 2.41. The predicted molar refractivity (Wildman–Crippen MR) is 60.4 cm³/mol. The number of hydrogen-bond donors (Lipinski definition) is 1. The maximum atomic E-state index is 4.64. The molecule has 1 fully saturated rings. The molecule has 1 aliphatic rings. The standard InChI is InChI=1S/C11H11BrN2/c1-11(5-6-11)10-13-8-4-2-3-7(12)9(8)14-10/h2-4H,5-6H2,1H3,(H,13,14). The molecular formula is C11H11BrN2. The zero-order valence-corrected chi connectivity index (χ0v) is 9.56. The number of H-pyrrole nitrogens is 1. The monoisotopic (exact) mass is 250 g/mol. The Balaban J connectivity index is 2.25. The van der Waals surface area contributed by atoms with Gasteiger partial charge in [0.05, 0.1) is 5.52 Å². The quantitative estimate of drug-likeness (QED) is 0.826. The first-order chi connectivity index (χ1) is 6.69. The summed E-state index contributed by atoms with van der Waals surface area (Å²) in [4.78, 5) is 8.04. The summed E-state index contributed by atoms with van der Waals surface area (Å²) in [7, 11) is 0. The van der Waals surface area contributed by atoms with Crippen molar-refractivity contribution in [3.05, 3.63) is 28.5 Å². The van der Waals surface area contributed by atoms with Gasteiger partial charge in [-0.3, -0.25) is 0 Å². The van der Waals surface area contributed by atoms with E-state index in [1.54, 1.807) is 0 Å². The van der Waals surface area contributed by atoms with Crippen LogP contribution in [-0.4, -0.2) is 9.97 Å². The van der Waals surface area contributed by atoms with Crippen LogP contribution in [-0.2, 0) is 5.41 Å². The lowest BCUT2D eigenvalue weighted by atomic mass is 10.1. The van der Waals surface area contributed by atoms with Crippen molar-refractivity contribution in [2.24, 2.45) is 0 Å². The molecule has 3 rings (SSSR count). The van der Waals surface area contributed by atoms with Crippen LogP contribution in [0.15, 0.2) is 22.7 Å². The van der Waals surface area contributed by atoms with Crippen LogP contribution in [0.2, 0.25) is 0 Å². The van der Waals surface area contributed by atoms with Gasteiger partial charge in [-0.25, -0.2) is 4.98 Å². The van der Waals surface area contributed by atoms with Crippen molar-refractivity contribution in [1.82, 2.24) is 9.97 Å². The lowest BCUT2D eigenvalue weighted by Gasteiger charge is -2.00.